The molecule has 50 heavy (non-hydrogen) atoms. The Hall–Kier alpha value is -4.14. The van der Waals surface area contributed by atoms with Crippen molar-refractivity contribution in [1.82, 2.24) is 40.2 Å². The quantitative estimate of drug-likeness (QED) is 0.129. The highest BCUT2D eigenvalue weighted by atomic mass is 32.1. The Morgan fingerprint density at radius 2 is 1.60 bits per heavy atom. The molecule has 5 heterocycles. The molecular weight excluding hydrogens is 651 g/mol. The average Bonchev–Trinajstić information content (AvgIpc) is 3.86. The van der Waals surface area contributed by atoms with Crippen LogP contribution in [-0.2, 0) is 6.54 Å². The molecule has 2 aromatic carbocycles. The van der Waals surface area contributed by atoms with Crippen molar-refractivity contribution < 1.29 is 14.7 Å². The van der Waals surface area contributed by atoms with E-state index in [4.69, 9.17) is 0 Å². The summed E-state index contributed by atoms with van der Waals surface area (Å²) in [5.41, 5.74) is 4.13. The number of piperazine rings is 2. The first-order valence-corrected chi connectivity index (χ1v) is 18.4. The van der Waals surface area contributed by atoms with E-state index < -0.39 is 11.9 Å². The van der Waals surface area contributed by atoms with Crippen LogP contribution in [0.5, 0.6) is 0 Å². The first-order valence-electron chi connectivity index (χ1n) is 17.6. The summed E-state index contributed by atoms with van der Waals surface area (Å²) in [5.74, 6) is -0.271. The van der Waals surface area contributed by atoms with Crippen molar-refractivity contribution in [3.8, 4) is 11.1 Å². The minimum Gasteiger partial charge on any atom is -0.477 e. The van der Waals surface area contributed by atoms with Gasteiger partial charge in [-0.05, 0) is 47.2 Å². The lowest BCUT2D eigenvalue weighted by Crippen LogP contribution is -2.46. The highest BCUT2D eigenvalue weighted by Gasteiger charge is 2.26. The SMILES string of the molecule is CC(C)CN1CCN(Cc2nc(C(=O)Nc3cc(-c4cccc5[nH]ccc45)cc4[nH]ncc34)c(C(=O)O)s2)CC1.CC(C)CN1CCNCC1. The molecule has 0 bridgehead atoms. The fourth-order valence-electron chi connectivity index (χ4n) is 6.81. The zero-order valence-corrected chi connectivity index (χ0v) is 30.3. The summed E-state index contributed by atoms with van der Waals surface area (Å²) >= 11 is 1.07. The molecule has 7 rings (SSSR count). The second-order valence-electron chi connectivity index (χ2n) is 14.1. The van der Waals surface area contributed by atoms with Gasteiger partial charge in [-0.3, -0.25) is 14.8 Å². The van der Waals surface area contributed by atoms with Gasteiger partial charge in [0.1, 0.15) is 9.88 Å². The van der Waals surface area contributed by atoms with Crippen LogP contribution in [0.2, 0.25) is 0 Å². The number of carbonyl (C=O) groups is 2. The molecule has 0 atom stereocenters. The van der Waals surface area contributed by atoms with Crippen molar-refractivity contribution in [2.75, 3.05) is 70.8 Å². The first kappa shape index (κ1) is 35.7. The second-order valence-corrected chi connectivity index (χ2v) is 15.1. The van der Waals surface area contributed by atoms with Crippen molar-refractivity contribution >= 4 is 50.7 Å². The summed E-state index contributed by atoms with van der Waals surface area (Å²) in [6.07, 6.45) is 3.54. The molecule has 0 aliphatic carbocycles. The maximum absolute atomic E-state index is 13.5. The number of H-pyrrole nitrogens is 2. The van der Waals surface area contributed by atoms with Gasteiger partial charge in [-0.2, -0.15) is 5.10 Å². The highest BCUT2D eigenvalue weighted by molar-refractivity contribution is 7.13. The third-order valence-electron chi connectivity index (χ3n) is 9.07. The third-order valence-corrected chi connectivity index (χ3v) is 10.1. The number of amides is 1. The van der Waals surface area contributed by atoms with Crippen LogP contribution in [0.15, 0.2) is 48.8 Å². The van der Waals surface area contributed by atoms with Gasteiger partial charge in [0.15, 0.2) is 5.69 Å². The molecule has 0 saturated carbocycles. The molecule has 1 amide bonds. The number of aromatic nitrogens is 4. The van der Waals surface area contributed by atoms with Gasteiger partial charge in [-0.1, -0.05) is 39.8 Å². The standard InChI is InChI=1S/C29H31N7O3S.C8H18N2/c1-17(2)15-35-8-10-36(11-9-35)16-25-33-26(27(40-25)29(38)39)28(37)32-23-12-18(13-24-21(23)14-31-34-24)19-4-3-5-22-20(19)6-7-30-22;1-8(2)7-10-5-3-9-4-6-10/h3-7,12-14,17,30H,8-11,15-16H2,1-2H3,(H,31,34)(H,32,37)(H,38,39);8-9H,3-7H2,1-2H3. The number of thiazole rings is 1. The molecule has 2 aliphatic heterocycles. The minimum atomic E-state index is -1.16. The van der Waals surface area contributed by atoms with Crippen LogP contribution in [0.3, 0.4) is 0 Å². The molecule has 12 nitrogen and oxygen atoms in total. The van der Waals surface area contributed by atoms with E-state index in [1.54, 1.807) is 6.20 Å². The van der Waals surface area contributed by atoms with Crippen molar-refractivity contribution in [1.29, 1.82) is 0 Å². The number of fused-ring (bicyclic) bond motifs is 2. The fraction of sp³-hybridized carbons (Fsp3) is 0.459. The smallest absolute Gasteiger partial charge is 0.348 e. The van der Waals surface area contributed by atoms with Gasteiger partial charge in [0.2, 0.25) is 0 Å². The summed E-state index contributed by atoms with van der Waals surface area (Å²) in [5, 5.41) is 25.7. The van der Waals surface area contributed by atoms with Gasteiger partial charge in [0.05, 0.1) is 23.9 Å². The summed E-state index contributed by atoms with van der Waals surface area (Å²) in [7, 11) is 0. The number of nitrogens with zero attached hydrogens (tertiary/aromatic N) is 5. The van der Waals surface area contributed by atoms with Gasteiger partial charge in [0, 0.05) is 87.9 Å². The summed E-state index contributed by atoms with van der Waals surface area (Å²) in [6.45, 7) is 20.4. The normalized spacial score (nSPS) is 16.3. The zero-order chi connectivity index (χ0) is 35.2. The molecule has 3 aromatic heterocycles. The van der Waals surface area contributed by atoms with Gasteiger partial charge < -0.3 is 30.5 Å². The number of rotatable bonds is 10. The molecule has 0 unspecified atom stereocenters. The molecule has 5 aromatic rings. The Morgan fingerprint density at radius 3 is 2.30 bits per heavy atom. The monoisotopic (exact) mass is 699 g/mol. The Balaban J connectivity index is 0.000000373. The second kappa shape index (κ2) is 16.3. The van der Waals surface area contributed by atoms with Crippen molar-refractivity contribution in [3.63, 3.8) is 0 Å². The van der Waals surface area contributed by atoms with Crippen LogP contribution < -0.4 is 10.6 Å². The lowest BCUT2D eigenvalue weighted by atomic mass is 9.99. The Morgan fingerprint density at radius 1 is 0.900 bits per heavy atom. The molecule has 266 valence electrons. The third kappa shape index (κ3) is 8.77. The van der Waals surface area contributed by atoms with E-state index in [1.165, 1.54) is 32.7 Å². The average molecular weight is 700 g/mol. The number of aromatic carboxylic acids is 1. The maximum atomic E-state index is 13.5. The van der Waals surface area contributed by atoms with E-state index in [2.05, 4.69) is 73.2 Å². The predicted octanol–water partition coefficient (Wildman–Crippen LogP) is 5.44. The lowest BCUT2D eigenvalue weighted by molar-refractivity contribution is 0.0697. The Bertz CT molecular complexity index is 1900. The van der Waals surface area contributed by atoms with E-state index in [1.807, 2.05) is 42.6 Å². The predicted molar refractivity (Wildman–Crippen MR) is 201 cm³/mol. The van der Waals surface area contributed by atoms with Gasteiger partial charge >= 0.3 is 5.97 Å². The summed E-state index contributed by atoms with van der Waals surface area (Å²) in [6, 6.07) is 11.9. The van der Waals surface area contributed by atoms with Crippen LogP contribution in [-0.4, -0.2) is 117 Å². The van der Waals surface area contributed by atoms with Crippen LogP contribution in [0.25, 0.3) is 32.9 Å². The number of carboxylic acid groups (broad SMARTS) is 1. The maximum Gasteiger partial charge on any atom is 0.348 e. The van der Waals surface area contributed by atoms with Crippen LogP contribution in [0.4, 0.5) is 5.69 Å². The van der Waals surface area contributed by atoms with E-state index in [0.717, 1.165) is 82.9 Å². The number of nitrogens with one attached hydrogen (secondary N) is 4. The molecule has 2 saturated heterocycles. The molecule has 5 N–H and O–H groups in total. The summed E-state index contributed by atoms with van der Waals surface area (Å²) in [4.78, 5) is 40.5. The lowest BCUT2D eigenvalue weighted by Gasteiger charge is -2.35. The fourth-order valence-corrected chi connectivity index (χ4v) is 7.75. The number of carbonyl (C=O) groups excluding carboxylic acids is 1. The molecule has 2 aliphatic rings. The van der Waals surface area contributed by atoms with E-state index in [9.17, 15) is 14.7 Å². The summed E-state index contributed by atoms with van der Waals surface area (Å²) < 4.78 is 0. The van der Waals surface area contributed by atoms with Gasteiger partial charge in [0.25, 0.3) is 5.91 Å². The molecule has 0 radical (unpaired) electrons. The zero-order valence-electron chi connectivity index (χ0n) is 29.5. The van der Waals surface area contributed by atoms with Crippen molar-refractivity contribution in [3.05, 3.63) is 64.4 Å². The largest absolute Gasteiger partial charge is 0.477 e. The number of anilines is 1. The molecular formula is C37H49N9O3S. The highest BCUT2D eigenvalue weighted by Crippen LogP contribution is 2.34. The number of hydrogen-bond acceptors (Lipinski definition) is 9. The molecule has 0 spiro atoms. The van der Waals surface area contributed by atoms with E-state index >= 15 is 0 Å². The number of carboxylic acids is 1. The minimum absolute atomic E-state index is 0.0531. The van der Waals surface area contributed by atoms with Gasteiger partial charge in [-0.25, -0.2) is 9.78 Å². The Kier molecular flexibility index (Phi) is 11.6. The van der Waals surface area contributed by atoms with Crippen LogP contribution in [0, 0.1) is 11.8 Å². The van der Waals surface area contributed by atoms with E-state index in [0.29, 0.717) is 23.2 Å². The van der Waals surface area contributed by atoms with Crippen LogP contribution in [0.1, 0.15) is 52.9 Å². The van der Waals surface area contributed by atoms with Crippen molar-refractivity contribution in [2.24, 2.45) is 11.8 Å². The van der Waals surface area contributed by atoms with E-state index in [-0.39, 0.29) is 10.6 Å². The van der Waals surface area contributed by atoms with Crippen LogP contribution >= 0.6 is 11.3 Å². The Labute approximate surface area is 297 Å². The number of benzene rings is 2. The molecule has 13 heteroatoms. The number of hydrogen-bond donors (Lipinski definition) is 5. The topological polar surface area (TPSA) is 146 Å². The first-order chi connectivity index (χ1) is 24.1. The van der Waals surface area contributed by atoms with Crippen molar-refractivity contribution in [2.45, 2.75) is 34.2 Å². The number of aromatic amines is 2. The van der Waals surface area contributed by atoms with Gasteiger partial charge in [-0.15, -0.1) is 11.3 Å². The molecule has 2 fully saturated rings.